The molecule has 1 amide bonds. The summed E-state index contributed by atoms with van der Waals surface area (Å²) in [5, 5.41) is 2.41. The number of ether oxygens (including phenoxy) is 1. The van der Waals surface area contributed by atoms with E-state index >= 15 is 0 Å². The summed E-state index contributed by atoms with van der Waals surface area (Å²) in [5.74, 6) is -1.10. The molecule has 9 heteroatoms. The number of amides is 1. The van der Waals surface area contributed by atoms with E-state index in [9.17, 15) is 18.0 Å². The zero-order valence-corrected chi connectivity index (χ0v) is 11.1. The minimum absolute atomic E-state index is 0.0696. The van der Waals surface area contributed by atoms with Crippen molar-refractivity contribution >= 4 is 11.7 Å². The number of nitrogens with one attached hydrogen (secondary N) is 1. The number of para-hydroxylation sites is 1. The summed E-state index contributed by atoms with van der Waals surface area (Å²) in [6.45, 7) is -0.179. The molecule has 0 atom stereocenters. The number of carbonyl (C=O) groups is 1. The molecule has 22 heavy (non-hydrogen) atoms. The predicted molar refractivity (Wildman–Crippen MR) is 70.7 cm³/mol. The van der Waals surface area contributed by atoms with Crippen LogP contribution in [0.5, 0.6) is 5.75 Å². The van der Waals surface area contributed by atoms with Crippen LogP contribution >= 0.6 is 0 Å². The molecule has 0 spiro atoms. The summed E-state index contributed by atoms with van der Waals surface area (Å²) in [4.78, 5) is 19.3. The quantitative estimate of drug-likeness (QED) is 0.899. The Morgan fingerprint density at radius 3 is 2.59 bits per heavy atom. The second kappa shape index (κ2) is 6.29. The second-order valence-electron chi connectivity index (χ2n) is 4.13. The number of nitrogens with two attached hydrogens (primary N) is 1. The van der Waals surface area contributed by atoms with Gasteiger partial charge in [-0.1, -0.05) is 18.2 Å². The Hall–Kier alpha value is -2.84. The van der Waals surface area contributed by atoms with Crippen LogP contribution in [0.1, 0.15) is 16.1 Å². The molecule has 0 aliphatic heterocycles. The molecule has 1 heterocycles. The number of halogens is 3. The van der Waals surface area contributed by atoms with Crippen LogP contribution in [0.3, 0.4) is 0 Å². The van der Waals surface area contributed by atoms with Crippen molar-refractivity contribution in [2.45, 2.75) is 12.9 Å². The van der Waals surface area contributed by atoms with Crippen molar-refractivity contribution in [3.05, 3.63) is 47.9 Å². The summed E-state index contributed by atoms with van der Waals surface area (Å²) >= 11 is 0. The topological polar surface area (TPSA) is 90.1 Å². The van der Waals surface area contributed by atoms with Crippen molar-refractivity contribution in [1.82, 2.24) is 15.3 Å². The third-order valence-corrected chi connectivity index (χ3v) is 2.58. The monoisotopic (exact) mass is 312 g/mol. The first kappa shape index (κ1) is 15.5. The largest absolute Gasteiger partial charge is 0.573 e. The predicted octanol–water partition coefficient (Wildman–Crippen LogP) is 1.89. The average Bonchev–Trinajstić information content (AvgIpc) is 2.45. The van der Waals surface area contributed by atoms with Crippen LogP contribution < -0.4 is 15.8 Å². The summed E-state index contributed by atoms with van der Waals surface area (Å²) < 4.78 is 40.8. The molecular weight excluding hydrogens is 301 g/mol. The highest BCUT2D eigenvalue weighted by Crippen LogP contribution is 2.26. The minimum Gasteiger partial charge on any atom is -0.405 e. The first-order valence-corrected chi connectivity index (χ1v) is 6.05. The maximum absolute atomic E-state index is 12.3. The lowest BCUT2D eigenvalue weighted by atomic mass is 10.2. The molecule has 0 radical (unpaired) electrons. The molecule has 0 aliphatic rings. The van der Waals surface area contributed by atoms with Gasteiger partial charge in [0.1, 0.15) is 5.75 Å². The highest BCUT2D eigenvalue weighted by Gasteiger charge is 2.32. The van der Waals surface area contributed by atoms with E-state index < -0.39 is 12.3 Å². The second-order valence-corrected chi connectivity index (χ2v) is 4.13. The Kier molecular flexibility index (Phi) is 4.44. The van der Waals surface area contributed by atoms with Gasteiger partial charge in [0, 0.05) is 24.5 Å². The Labute approximate surface area is 123 Å². The van der Waals surface area contributed by atoms with Crippen molar-refractivity contribution < 1.29 is 22.7 Å². The maximum Gasteiger partial charge on any atom is 0.573 e. The van der Waals surface area contributed by atoms with Crippen molar-refractivity contribution in [3.63, 3.8) is 0 Å². The Balaban J connectivity index is 2.09. The van der Waals surface area contributed by atoms with E-state index in [-0.39, 0.29) is 29.4 Å². The lowest BCUT2D eigenvalue weighted by Gasteiger charge is -2.13. The van der Waals surface area contributed by atoms with Gasteiger partial charge in [-0.05, 0) is 6.07 Å². The molecule has 3 N–H and O–H groups in total. The van der Waals surface area contributed by atoms with Gasteiger partial charge in [0.15, 0.2) is 11.5 Å². The van der Waals surface area contributed by atoms with E-state index in [1.54, 1.807) is 0 Å². The standard InChI is InChI=1S/C13H11F3N4O2/c14-13(15,16)22-9-4-2-1-3-8(9)7-20-12(21)10-11(17)19-6-5-18-10/h1-6H,7H2,(H2,17,19)(H,20,21). The van der Waals surface area contributed by atoms with Gasteiger partial charge in [0.25, 0.3) is 5.91 Å². The van der Waals surface area contributed by atoms with Crippen LogP contribution in [0.2, 0.25) is 0 Å². The van der Waals surface area contributed by atoms with Gasteiger partial charge in [0.2, 0.25) is 0 Å². The number of hydrogen-bond donors (Lipinski definition) is 2. The van der Waals surface area contributed by atoms with Gasteiger partial charge in [-0.15, -0.1) is 13.2 Å². The normalized spacial score (nSPS) is 11.0. The zero-order chi connectivity index (χ0) is 16.2. The van der Waals surface area contributed by atoms with Gasteiger partial charge in [0.05, 0.1) is 0 Å². The number of hydrogen-bond acceptors (Lipinski definition) is 5. The zero-order valence-electron chi connectivity index (χ0n) is 11.1. The number of nitrogen functional groups attached to an aromatic ring is 1. The summed E-state index contributed by atoms with van der Waals surface area (Å²) in [6.07, 6.45) is -2.21. The molecular formula is C13H11F3N4O2. The summed E-state index contributed by atoms with van der Waals surface area (Å²) in [6, 6.07) is 5.49. The minimum atomic E-state index is -4.81. The number of alkyl halides is 3. The summed E-state index contributed by atoms with van der Waals surface area (Å²) in [5.41, 5.74) is 5.56. The molecule has 0 saturated carbocycles. The Morgan fingerprint density at radius 2 is 1.91 bits per heavy atom. The molecule has 0 saturated heterocycles. The molecule has 0 fully saturated rings. The molecule has 2 rings (SSSR count). The Morgan fingerprint density at radius 1 is 1.23 bits per heavy atom. The van der Waals surface area contributed by atoms with Crippen LogP contribution in [-0.4, -0.2) is 22.2 Å². The van der Waals surface area contributed by atoms with Gasteiger partial charge >= 0.3 is 6.36 Å². The van der Waals surface area contributed by atoms with Crippen molar-refractivity contribution in [3.8, 4) is 5.75 Å². The molecule has 1 aromatic carbocycles. The van der Waals surface area contributed by atoms with Crippen LogP contribution in [-0.2, 0) is 6.54 Å². The van der Waals surface area contributed by atoms with E-state index in [4.69, 9.17) is 5.73 Å². The fourth-order valence-electron chi connectivity index (χ4n) is 1.66. The molecule has 2 aromatic rings. The number of rotatable bonds is 4. The number of anilines is 1. The number of nitrogens with zero attached hydrogens (tertiary/aromatic N) is 2. The number of benzene rings is 1. The van der Waals surface area contributed by atoms with Gasteiger partial charge in [-0.25, -0.2) is 9.97 Å². The van der Waals surface area contributed by atoms with Crippen molar-refractivity contribution in [2.24, 2.45) is 0 Å². The number of aromatic nitrogens is 2. The maximum atomic E-state index is 12.3. The third kappa shape index (κ3) is 4.08. The van der Waals surface area contributed by atoms with Crippen molar-refractivity contribution in [2.75, 3.05) is 5.73 Å². The fourth-order valence-corrected chi connectivity index (χ4v) is 1.66. The highest BCUT2D eigenvalue weighted by molar-refractivity contribution is 5.96. The van der Waals surface area contributed by atoms with Crippen LogP contribution in [0, 0.1) is 0 Å². The highest BCUT2D eigenvalue weighted by atomic mass is 19.4. The Bertz CT molecular complexity index is 676. The molecule has 0 unspecified atom stereocenters. The summed E-state index contributed by atoms with van der Waals surface area (Å²) in [7, 11) is 0. The fraction of sp³-hybridized carbons (Fsp3) is 0.154. The molecule has 0 bridgehead atoms. The first-order chi connectivity index (χ1) is 10.4. The van der Waals surface area contributed by atoms with E-state index in [2.05, 4.69) is 20.0 Å². The average molecular weight is 312 g/mol. The van der Waals surface area contributed by atoms with Gasteiger partial charge in [-0.3, -0.25) is 4.79 Å². The molecule has 116 valence electrons. The van der Waals surface area contributed by atoms with Crippen LogP contribution in [0.15, 0.2) is 36.7 Å². The van der Waals surface area contributed by atoms with Crippen LogP contribution in [0.4, 0.5) is 19.0 Å². The van der Waals surface area contributed by atoms with Gasteiger partial charge < -0.3 is 15.8 Å². The van der Waals surface area contributed by atoms with Gasteiger partial charge in [-0.2, -0.15) is 0 Å². The lowest BCUT2D eigenvalue weighted by molar-refractivity contribution is -0.274. The molecule has 0 aliphatic carbocycles. The molecule has 1 aromatic heterocycles. The molecule has 6 nitrogen and oxygen atoms in total. The van der Waals surface area contributed by atoms with E-state index in [1.807, 2.05) is 0 Å². The van der Waals surface area contributed by atoms with Crippen molar-refractivity contribution in [1.29, 1.82) is 0 Å². The first-order valence-electron chi connectivity index (χ1n) is 6.05. The number of carbonyl (C=O) groups excluding carboxylic acids is 1. The van der Waals surface area contributed by atoms with E-state index in [0.29, 0.717) is 0 Å². The lowest BCUT2D eigenvalue weighted by Crippen LogP contribution is -2.26. The van der Waals surface area contributed by atoms with E-state index in [1.165, 1.54) is 30.6 Å². The third-order valence-electron chi connectivity index (χ3n) is 2.58. The smallest absolute Gasteiger partial charge is 0.405 e. The van der Waals surface area contributed by atoms with Crippen LogP contribution in [0.25, 0.3) is 0 Å². The van der Waals surface area contributed by atoms with E-state index in [0.717, 1.165) is 6.07 Å². The SMILES string of the molecule is Nc1nccnc1C(=O)NCc1ccccc1OC(F)(F)F.